The van der Waals surface area contributed by atoms with E-state index in [1.54, 1.807) is 0 Å². The molecule has 1 N–H and O–H groups in total. The molecule has 1 aliphatic rings. The van der Waals surface area contributed by atoms with Crippen LogP contribution in [0.5, 0.6) is 0 Å². The monoisotopic (exact) mass is 166 g/mol. The zero-order valence-corrected chi connectivity index (χ0v) is 6.47. The molecule has 10 heavy (non-hydrogen) atoms. The molecule has 0 amide bonds. The molecular formula is C5H10O4S. The molecule has 1 rings (SSSR count). The molecule has 4 nitrogen and oxygen atoms in total. The van der Waals surface area contributed by atoms with Crippen LogP contribution < -0.4 is 0 Å². The highest BCUT2D eigenvalue weighted by Gasteiger charge is 2.31. The molecule has 1 fully saturated rings. The Morgan fingerprint density at radius 3 is 1.80 bits per heavy atom. The first-order valence-electron chi connectivity index (χ1n) is 2.79. The number of hydrogen-bond donors (Lipinski definition) is 1. The molecule has 0 spiro atoms. The SMILES string of the molecule is CS(=O)(=O)C1CC1.O=CO. The van der Waals surface area contributed by atoms with Crippen LogP contribution in [0.1, 0.15) is 12.8 Å². The van der Waals surface area contributed by atoms with Crippen molar-refractivity contribution >= 4 is 16.3 Å². The van der Waals surface area contributed by atoms with E-state index in [9.17, 15) is 8.42 Å². The second kappa shape index (κ2) is 3.55. The standard InChI is InChI=1S/C4H8O2S.CH2O2/c1-7(5,6)4-2-3-4;2-1-3/h4H,2-3H2,1H3;1H,(H,2,3). The van der Waals surface area contributed by atoms with Crippen molar-refractivity contribution in [3.63, 3.8) is 0 Å². The highest BCUT2D eigenvalue weighted by Crippen LogP contribution is 2.26. The number of carbonyl (C=O) groups is 1. The van der Waals surface area contributed by atoms with Crippen molar-refractivity contribution in [1.29, 1.82) is 0 Å². The van der Waals surface area contributed by atoms with Crippen LogP contribution >= 0.6 is 0 Å². The third-order valence-electron chi connectivity index (χ3n) is 1.13. The van der Waals surface area contributed by atoms with E-state index in [0.717, 1.165) is 12.8 Å². The quantitative estimate of drug-likeness (QED) is 0.552. The number of carboxylic acid groups (broad SMARTS) is 1. The fourth-order valence-corrected chi connectivity index (χ4v) is 1.49. The van der Waals surface area contributed by atoms with E-state index in [2.05, 4.69) is 0 Å². The Labute approximate surface area is 59.8 Å². The summed E-state index contributed by atoms with van der Waals surface area (Å²) in [5.74, 6) is 0. The lowest BCUT2D eigenvalue weighted by atomic mass is 11.0. The maximum atomic E-state index is 10.4. The zero-order valence-electron chi connectivity index (χ0n) is 5.65. The van der Waals surface area contributed by atoms with Crippen LogP contribution in [0.15, 0.2) is 0 Å². The predicted molar refractivity (Wildman–Crippen MR) is 36.6 cm³/mol. The van der Waals surface area contributed by atoms with Gasteiger partial charge in [-0.25, -0.2) is 8.42 Å². The van der Waals surface area contributed by atoms with Gasteiger partial charge >= 0.3 is 0 Å². The first-order valence-corrected chi connectivity index (χ1v) is 4.74. The summed E-state index contributed by atoms with van der Waals surface area (Å²) in [7, 11) is -2.63. The van der Waals surface area contributed by atoms with Crippen LogP contribution in [-0.4, -0.2) is 31.5 Å². The van der Waals surface area contributed by atoms with Crippen molar-refractivity contribution in [2.75, 3.05) is 6.26 Å². The van der Waals surface area contributed by atoms with Crippen LogP contribution in [0.3, 0.4) is 0 Å². The van der Waals surface area contributed by atoms with Crippen LogP contribution in [0.2, 0.25) is 0 Å². The van der Waals surface area contributed by atoms with Crippen molar-refractivity contribution in [3.05, 3.63) is 0 Å². The Hall–Kier alpha value is -0.580. The van der Waals surface area contributed by atoms with Crippen LogP contribution in [0, 0.1) is 0 Å². The summed E-state index contributed by atoms with van der Waals surface area (Å²) in [5, 5.41) is 6.91. The first-order chi connectivity index (χ1) is 4.52. The molecule has 1 aliphatic carbocycles. The van der Waals surface area contributed by atoms with Gasteiger partial charge in [-0.2, -0.15) is 0 Å². The minimum absolute atomic E-state index is 0.0208. The Balaban J connectivity index is 0.000000236. The minimum Gasteiger partial charge on any atom is -0.483 e. The summed E-state index contributed by atoms with van der Waals surface area (Å²) in [6.07, 6.45) is 3.07. The Morgan fingerprint density at radius 1 is 1.50 bits per heavy atom. The van der Waals surface area contributed by atoms with E-state index >= 15 is 0 Å². The van der Waals surface area contributed by atoms with Crippen molar-refractivity contribution < 1.29 is 18.3 Å². The lowest BCUT2D eigenvalue weighted by Gasteiger charge is -1.84. The van der Waals surface area contributed by atoms with E-state index in [4.69, 9.17) is 9.90 Å². The van der Waals surface area contributed by atoms with Crippen molar-refractivity contribution in [3.8, 4) is 0 Å². The summed E-state index contributed by atoms with van der Waals surface area (Å²) in [5.41, 5.74) is 0. The molecular weight excluding hydrogens is 156 g/mol. The predicted octanol–water partition coefficient (Wildman–Crippen LogP) is -0.106. The first kappa shape index (κ1) is 9.42. The van der Waals surface area contributed by atoms with Gasteiger partial charge in [0.2, 0.25) is 0 Å². The highest BCUT2D eigenvalue weighted by molar-refractivity contribution is 7.91. The molecule has 0 saturated heterocycles. The average Bonchev–Trinajstić information content (AvgIpc) is 2.40. The lowest BCUT2D eigenvalue weighted by Crippen LogP contribution is -2.01. The van der Waals surface area contributed by atoms with Crippen molar-refractivity contribution in [2.45, 2.75) is 18.1 Å². The summed E-state index contributed by atoms with van der Waals surface area (Å²) in [4.78, 5) is 8.36. The second-order valence-corrected chi connectivity index (χ2v) is 4.46. The van der Waals surface area contributed by atoms with Gasteiger partial charge in [0.25, 0.3) is 6.47 Å². The molecule has 0 radical (unpaired) electrons. The van der Waals surface area contributed by atoms with E-state index in [0.29, 0.717) is 0 Å². The van der Waals surface area contributed by atoms with Crippen LogP contribution in [0.25, 0.3) is 0 Å². The molecule has 0 aromatic rings. The van der Waals surface area contributed by atoms with Gasteiger partial charge in [0.05, 0.1) is 5.25 Å². The summed E-state index contributed by atoms with van der Waals surface area (Å²) >= 11 is 0. The Kier molecular flexibility index (Phi) is 3.35. The molecule has 0 heterocycles. The van der Waals surface area contributed by atoms with Crippen LogP contribution in [-0.2, 0) is 14.6 Å². The van der Waals surface area contributed by atoms with E-state index in [1.807, 2.05) is 0 Å². The number of rotatable bonds is 1. The molecule has 0 bridgehead atoms. The average molecular weight is 166 g/mol. The van der Waals surface area contributed by atoms with Gasteiger partial charge in [-0.1, -0.05) is 0 Å². The van der Waals surface area contributed by atoms with Gasteiger partial charge in [0.15, 0.2) is 0 Å². The smallest absolute Gasteiger partial charge is 0.290 e. The summed E-state index contributed by atoms with van der Waals surface area (Å²) < 4.78 is 20.8. The molecule has 1 saturated carbocycles. The topological polar surface area (TPSA) is 71.4 Å². The van der Waals surface area contributed by atoms with E-state index < -0.39 is 9.84 Å². The second-order valence-electron chi connectivity index (χ2n) is 2.13. The van der Waals surface area contributed by atoms with Gasteiger partial charge in [-0.05, 0) is 12.8 Å². The molecule has 60 valence electrons. The summed E-state index contributed by atoms with van der Waals surface area (Å²) in [6.45, 7) is -0.250. The summed E-state index contributed by atoms with van der Waals surface area (Å²) in [6, 6.07) is 0. The number of sulfone groups is 1. The minimum atomic E-state index is -2.63. The maximum Gasteiger partial charge on any atom is 0.290 e. The van der Waals surface area contributed by atoms with Gasteiger partial charge < -0.3 is 5.11 Å². The third-order valence-corrected chi connectivity index (χ3v) is 2.81. The van der Waals surface area contributed by atoms with Crippen molar-refractivity contribution in [2.24, 2.45) is 0 Å². The Bertz CT molecular complexity index is 190. The van der Waals surface area contributed by atoms with Crippen LogP contribution in [0.4, 0.5) is 0 Å². The normalized spacial score (nSPS) is 16.9. The molecule has 0 aromatic heterocycles. The molecule has 0 aromatic carbocycles. The zero-order chi connectivity index (χ0) is 8.20. The molecule has 0 aliphatic heterocycles. The van der Waals surface area contributed by atoms with Gasteiger partial charge in [-0.15, -0.1) is 0 Å². The van der Waals surface area contributed by atoms with E-state index in [-0.39, 0.29) is 11.7 Å². The maximum absolute atomic E-state index is 10.4. The van der Waals surface area contributed by atoms with Crippen molar-refractivity contribution in [1.82, 2.24) is 0 Å². The van der Waals surface area contributed by atoms with Gasteiger partial charge in [0, 0.05) is 6.26 Å². The Morgan fingerprint density at radius 2 is 1.80 bits per heavy atom. The molecule has 5 heteroatoms. The largest absolute Gasteiger partial charge is 0.483 e. The molecule has 0 unspecified atom stereocenters. The molecule has 0 atom stereocenters. The lowest BCUT2D eigenvalue weighted by molar-refractivity contribution is -0.122. The van der Waals surface area contributed by atoms with Gasteiger partial charge in [0.1, 0.15) is 9.84 Å². The van der Waals surface area contributed by atoms with E-state index in [1.165, 1.54) is 6.26 Å². The number of hydrogen-bond acceptors (Lipinski definition) is 3. The van der Waals surface area contributed by atoms with Gasteiger partial charge in [-0.3, -0.25) is 4.79 Å². The third kappa shape index (κ3) is 4.31. The fraction of sp³-hybridized carbons (Fsp3) is 0.800. The fourth-order valence-electron chi connectivity index (χ4n) is 0.496. The highest BCUT2D eigenvalue weighted by atomic mass is 32.2.